The first-order valence-corrected chi connectivity index (χ1v) is 9.37. The van der Waals surface area contributed by atoms with Crippen molar-refractivity contribution in [3.05, 3.63) is 0 Å². The summed E-state index contributed by atoms with van der Waals surface area (Å²) in [5.41, 5.74) is 0. The number of carbonyl (C=O) groups is 3. The molecule has 1 N–H and O–H groups in total. The van der Waals surface area contributed by atoms with Gasteiger partial charge >= 0.3 is 0 Å². The minimum Gasteiger partial charge on any atom is -0.346 e. The number of ketones is 2. The van der Waals surface area contributed by atoms with Crippen LogP contribution in [-0.4, -0.2) is 23.5 Å². The number of rotatable bonds is 12. The van der Waals surface area contributed by atoms with Gasteiger partial charge in [0, 0.05) is 25.2 Å². The van der Waals surface area contributed by atoms with Crippen molar-refractivity contribution in [1.29, 1.82) is 0 Å². The normalized spacial score (nSPS) is 14.1. The highest BCUT2D eigenvalue weighted by Crippen LogP contribution is 2.15. The molecule has 0 fully saturated rings. The van der Waals surface area contributed by atoms with Gasteiger partial charge in [0.25, 0.3) is 0 Å². The summed E-state index contributed by atoms with van der Waals surface area (Å²) < 4.78 is 0. The average molecular weight is 340 g/mol. The van der Waals surface area contributed by atoms with Crippen molar-refractivity contribution in [2.24, 2.45) is 23.7 Å². The second-order valence-electron chi connectivity index (χ2n) is 8.31. The fourth-order valence-electron chi connectivity index (χ4n) is 2.88. The van der Waals surface area contributed by atoms with Crippen molar-refractivity contribution in [2.75, 3.05) is 0 Å². The molecule has 24 heavy (non-hydrogen) atoms. The third-order valence-corrected chi connectivity index (χ3v) is 4.01. The van der Waals surface area contributed by atoms with Crippen molar-refractivity contribution in [1.82, 2.24) is 5.32 Å². The molecule has 0 spiro atoms. The SMILES string of the molecule is CC(C)CC(=O)C(CC(C)C)NC(=O)CCC(=O)C(C)CC(C)C. The first-order chi connectivity index (χ1) is 11.0. The summed E-state index contributed by atoms with van der Waals surface area (Å²) in [4.78, 5) is 36.5. The molecular weight excluding hydrogens is 302 g/mol. The maximum atomic E-state index is 12.3. The van der Waals surface area contributed by atoms with E-state index < -0.39 is 6.04 Å². The van der Waals surface area contributed by atoms with Crippen LogP contribution in [0.3, 0.4) is 0 Å². The Balaban J connectivity index is 4.50. The van der Waals surface area contributed by atoms with E-state index in [2.05, 4.69) is 19.2 Å². The standard InChI is InChI=1S/C20H37NO3/c1-13(2)10-16(7)18(22)8-9-20(24)21-17(11-14(3)4)19(23)12-15(5)6/h13-17H,8-12H2,1-7H3,(H,21,24). The van der Waals surface area contributed by atoms with Crippen LogP contribution in [0.25, 0.3) is 0 Å². The molecule has 0 radical (unpaired) electrons. The van der Waals surface area contributed by atoms with Gasteiger partial charge in [0.15, 0.2) is 5.78 Å². The topological polar surface area (TPSA) is 63.2 Å². The molecule has 0 aliphatic heterocycles. The maximum Gasteiger partial charge on any atom is 0.221 e. The van der Waals surface area contributed by atoms with E-state index in [1.54, 1.807) is 0 Å². The zero-order chi connectivity index (χ0) is 18.9. The molecule has 140 valence electrons. The van der Waals surface area contributed by atoms with Crippen LogP contribution in [0.2, 0.25) is 0 Å². The molecule has 2 atom stereocenters. The van der Waals surface area contributed by atoms with Crippen molar-refractivity contribution >= 4 is 17.5 Å². The number of Topliss-reactive ketones (excluding diaryl/α,β-unsaturated/α-hetero) is 2. The van der Waals surface area contributed by atoms with Gasteiger partial charge in [-0.2, -0.15) is 0 Å². The Morgan fingerprint density at radius 3 is 1.71 bits per heavy atom. The van der Waals surface area contributed by atoms with Gasteiger partial charge in [0.05, 0.1) is 6.04 Å². The first kappa shape index (κ1) is 22.8. The Bertz CT molecular complexity index is 413. The predicted octanol–water partition coefficient (Wildman–Crippen LogP) is 4.16. The third-order valence-electron chi connectivity index (χ3n) is 4.01. The van der Waals surface area contributed by atoms with Crippen molar-refractivity contribution in [3.63, 3.8) is 0 Å². The minimum atomic E-state index is -0.428. The highest BCUT2D eigenvalue weighted by atomic mass is 16.2. The van der Waals surface area contributed by atoms with E-state index in [4.69, 9.17) is 0 Å². The first-order valence-electron chi connectivity index (χ1n) is 9.37. The number of hydrogen-bond acceptors (Lipinski definition) is 3. The van der Waals surface area contributed by atoms with Gasteiger partial charge in [0.1, 0.15) is 5.78 Å². The quantitative estimate of drug-likeness (QED) is 0.580. The monoisotopic (exact) mass is 339 g/mol. The van der Waals surface area contributed by atoms with Crippen molar-refractivity contribution in [2.45, 2.75) is 86.6 Å². The molecule has 0 saturated carbocycles. The third kappa shape index (κ3) is 10.6. The van der Waals surface area contributed by atoms with E-state index in [1.807, 2.05) is 34.6 Å². The Morgan fingerprint density at radius 2 is 1.25 bits per heavy atom. The summed E-state index contributed by atoms with van der Waals surface area (Å²) >= 11 is 0. The van der Waals surface area contributed by atoms with Crippen LogP contribution in [0, 0.1) is 23.7 Å². The van der Waals surface area contributed by atoms with E-state index in [0.29, 0.717) is 24.7 Å². The van der Waals surface area contributed by atoms with E-state index in [-0.39, 0.29) is 42.2 Å². The van der Waals surface area contributed by atoms with E-state index in [9.17, 15) is 14.4 Å². The van der Waals surface area contributed by atoms with Crippen LogP contribution in [0.15, 0.2) is 0 Å². The fourth-order valence-corrected chi connectivity index (χ4v) is 2.88. The van der Waals surface area contributed by atoms with Crippen LogP contribution < -0.4 is 5.32 Å². The Morgan fingerprint density at radius 1 is 0.708 bits per heavy atom. The van der Waals surface area contributed by atoms with Gasteiger partial charge in [-0.3, -0.25) is 14.4 Å². The summed E-state index contributed by atoms with van der Waals surface area (Å²) in [7, 11) is 0. The number of carbonyl (C=O) groups excluding carboxylic acids is 3. The number of amides is 1. The molecule has 0 aliphatic carbocycles. The zero-order valence-electron chi connectivity index (χ0n) is 16.6. The van der Waals surface area contributed by atoms with E-state index in [1.165, 1.54) is 0 Å². The summed E-state index contributed by atoms with van der Waals surface area (Å²) in [5, 5.41) is 2.85. The maximum absolute atomic E-state index is 12.3. The van der Waals surface area contributed by atoms with Gasteiger partial charge in [0.2, 0.25) is 5.91 Å². The van der Waals surface area contributed by atoms with Crippen LogP contribution in [0.1, 0.15) is 80.6 Å². The van der Waals surface area contributed by atoms with Crippen molar-refractivity contribution < 1.29 is 14.4 Å². The van der Waals surface area contributed by atoms with Crippen molar-refractivity contribution in [3.8, 4) is 0 Å². The lowest BCUT2D eigenvalue weighted by Crippen LogP contribution is -2.42. The highest BCUT2D eigenvalue weighted by molar-refractivity contribution is 5.91. The second-order valence-corrected chi connectivity index (χ2v) is 8.31. The molecule has 4 heteroatoms. The summed E-state index contributed by atoms with van der Waals surface area (Å²) in [6, 6.07) is -0.428. The molecule has 0 aromatic carbocycles. The molecule has 0 aromatic heterocycles. The number of hydrogen-bond donors (Lipinski definition) is 1. The molecule has 0 saturated heterocycles. The molecular formula is C20H37NO3. The lowest BCUT2D eigenvalue weighted by atomic mass is 9.92. The van der Waals surface area contributed by atoms with Crippen LogP contribution in [-0.2, 0) is 14.4 Å². The highest BCUT2D eigenvalue weighted by Gasteiger charge is 2.23. The van der Waals surface area contributed by atoms with Crippen LogP contribution >= 0.6 is 0 Å². The molecule has 0 bridgehead atoms. The van der Waals surface area contributed by atoms with Gasteiger partial charge in [-0.1, -0.05) is 48.5 Å². The second kappa shape index (κ2) is 11.4. The fraction of sp³-hybridized carbons (Fsp3) is 0.850. The Labute approximate surface area is 148 Å². The molecule has 2 unspecified atom stereocenters. The summed E-state index contributed by atoms with van der Waals surface area (Å²) in [6.45, 7) is 14.2. The molecule has 4 nitrogen and oxygen atoms in total. The predicted molar refractivity (Wildman–Crippen MR) is 98.7 cm³/mol. The molecule has 1 amide bonds. The van der Waals surface area contributed by atoms with Crippen LogP contribution in [0.4, 0.5) is 0 Å². The lowest BCUT2D eigenvalue weighted by Gasteiger charge is -2.20. The molecule has 0 heterocycles. The Kier molecular flexibility index (Phi) is 10.8. The summed E-state index contributed by atoms with van der Waals surface area (Å²) in [5.74, 6) is 1.11. The van der Waals surface area contributed by atoms with E-state index in [0.717, 1.165) is 6.42 Å². The number of nitrogens with one attached hydrogen (secondary N) is 1. The molecule has 0 aliphatic rings. The molecule has 0 aromatic rings. The lowest BCUT2D eigenvalue weighted by molar-refractivity contribution is -0.130. The van der Waals surface area contributed by atoms with Gasteiger partial charge in [-0.15, -0.1) is 0 Å². The Hall–Kier alpha value is -1.19. The van der Waals surface area contributed by atoms with Crippen LogP contribution in [0.5, 0.6) is 0 Å². The van der Waals surface area contributed by atoms with E-state index >= 15 is 0 Å². The summed E-state index contributed by atoms with van der Waals surface area (Å²) in [6.07, 6.45) is 2.40. The van der Waals surface area contributed by atoms with Gasteiger partial charge in [-0.25, -0.2) is 0 Å². The zero-order valence-corrected chi connectivity index (χ0v) is 16.6. The average Bonchev–Trinajstić information content (AvgIpc) is 2.41. The van der Waals surface area contributed by atoms with Gasteiger partial charge in [-0.05, 0) is 30.6 Å². The molecule has 0 rings (SSSR count). The smallest absolute Gasteiger partial charge is 0.221 e. The minimum absolute atomic E-state index is 0.00756. The largest absolute Gasteiger partial charge is 0.346 e. The van der Waals surface area contributed by atoms with Gasteiger partial charge < -0.3 is 5.32 Å².